The maximum atomic E-state index is 12.5. The van der Waals surface area contributed by atoms with Crippen LogP contribution in [-0.2, 0) is 11.8 Å². The van der Waals surface area contributed by atoms with Crippen molar-refractivity contribution in [1.82, 2.24) is 9.47 Å². The Bertz CT molecular complexity index is 690. The number of likely N-dealkylation sites (tertiary alicyclic amines) is 1. The fraction of sp³-hybridized carbons (Fsp3) is 0.667. The highest BCUT2D eigenvalue weighted by atomic mass is 16.6. The van der Waals surface area contributed by atoms with E-state index in [-0.39, 0.29) is 11.7 Å². The molecule has 1 aromatic rings. The average molecular weight is 333 g/mol. The molecule has 1 amide bonds. The Hall–Kier alpha value is -1.98. The monoisotopic (exact) mass is 333 g/mol. The highest BCUT2D eigenvalue weighted by Gasteiger charge is 2.43. The molecule has 24 heavy (non-hydrogen) atoms. The van der Waals surface area contributed by atoms with Crippen LogP contribution in [0.3, 0.4) is 0 Å². The van der Waals surface area contributed by atoms with Gasteiger partial charge in [-0.05, 0) is 39.3 Å². The molecule has 2 aliphatic heterocycles. The van der Waals surface area contributed by atoms with E-state index < -0.39 is 5.60 Å². The third-order valence-electron chi connectivity index (χ3n) is 4.90. The number of aromatic nitrogens is 1. The Morgan fingerprint density at radius 1 is 1.17 bits per heavy atom. The van der Waals surface area contributed by atoms with Crippen LogP contribution in [0.2, 0.25) is 0 Å². The summed E-state index contributed by atoms with van der Waals surface area (Å²) in [5.41, 5.74) is 1.41. The molecule has 6 nitrogen and oxygen atoms in total. The third-order valence-corrected chi connectivity index (χ3v) is 4.90. The van der Waals surface area contributed by atoms with Gasteiger partial charge in [0.25, 0.3) is 5.56 Å². The van der Waals surface area contributed by atoms with E-state index in [1.165, 1.54) is 0 Å². The minimum atomic E-state index is -0.464. The van der Waals surface area contributed by atoms with E-state index >= 15 is 0 Å². The molecule has 6 heteroatoms. The van der Waals surface area contributed by atoms with Crippen molar-refractivity contribution in [2.45, 2.75) is 33.3 Å². The molecule has 3 heterocycles. The summed E-state index contributed by atoms with van der Waals surface area (Å²) in [7, 11) is 1.78. The molecule has 2 unspecified atom stereocenters. The second kappa shape index (κ2) is 5.83. The van der Waals surface area contributed by atoms with Crippen LogP contribution in [-0.4, -0.2) is 47.3 Å². The van der Waals surface area contributed by atoms with Gasteiger partial charge in [-0.3, -0.25) is 4.79 Å². The fourth-order valence-corrected chi connectivity index (χ4v) is 3.74. The van der Waals surface area contributed by atoms with E-state index in [0.29, 0.717) is 24.9 Å². The van der Waals surface area contributed by atoms with Crippen LogP contribution in [0.5, 0.6) is 0 Å². The Morgan fingerprint density at radius 2 is 1.75 bits per heavy atom. The van der Waals surface area contributed by atoms with Crippen molar-refractivity contribution in [2.75, 3.05) is 31.1 Å². The lowest BCUT2D eigenvalue weighted by Gasteiger charge is -2.26. The molecule has 2 saturated heterocycles. The number of hydrogen-bond acceptors (Lipinski definition) is 4. The first-order chi connectivity index (χ1) is 11.2. The number of fused-ring (bicyclic) bond motifs is 1. The SMILES string of the molecule is Cc1ccn(C)c(=O)c1N1CC2CN(C(=O)OC(C)(C)C)CC2C1. The van der Waals surface area contributed by atoms with Crippen LogP contribution >= 0.6 is 0 Å². The molecule has 0 saturated carbocycles. The average Bonchev–Trinajstić information content (AvgIpc) is 3.00. The molecule has 0 N–H and O–H groups in total. The van der Waals surface area contributed by atoms with E-state index in [1.54, 1.807) is 11.6 Å². The van der Waals surface area contributed by atoms with Gasteiger partial charge >= 0.3 is 6.09 Å². The van der Waals surface area contributed by atoms with E-state index in [4.69, 9.17) is 4.74 Å². The van der Waals surface area contributed by atoms with Crippen LogP contribution in [0.4, 0.5) is 10.5 Å². The number of anilines is 1. The van der Waals surface area contributed by atoms with Crippen LogP contribution < -0.4 is 10.5 Å². The predicted octanol–water partition coefficient (Wildman–Crippen LogP) is 2.00. The van der Waals surface area contributed by atoms with Crippen molar-refractivity contribution in [2.24, 2.45) is 18.9 Å². The van der Waals surface area contributed by atoms with Crippen LogP contribution in [0.25, 0.3) is 0 Å². The molecule has 3 rings (SSSR count). The van der Waals surface area contributed by atoms with E-state index in [0.717, 1.165) is 24.3 Å². The van der Waals surface area contributed by atoms with Crippen molar-refractivity contribution in [3.63, 3.8) is 0 Å². The zero-order valence-corrected chi connectivity index (χ0v) is 15.2. The molecule has 2 fully saturated rings. The van der Waals surface area contributed by atoms with Crippen molar-refractivity contribution in [3.05, 3.63) is 28.2 Å². The third kappa shape index (κ3) is 3.14. The van der Waals surface area contributed by atoms with Gasteiger partial charge in [-0.2, -0.15) is 0 Å². The Morgan fingerprint density at radius 3 is 2.29 bits per heavy atom. The maximum Gasteiger partial charge on any atom is 0.410 e. The number of nitrogens with zero attached hydrogens (tertiary/aromatic N) is 3. The highest BCUT2D eigenvalue weighted by Crippen LogP contribution is 2.34. The maximum absolute atomic E-state index is 12.5. The lowest BCUT2D eigenvalue weighted by atomic mass is 10.0. The standard InChI is InChI=1S/C18H27N3O3/c1-12-6-7-19(5)16(22)15(12)20-8-13-10-21(11-14(13)9-20)17(23)24-18(2,3)4/h6-7,13-14H,8-11H2,1-5H3. The van der Waals surface area contributed by atoms with Crippen molar-refractivity contribution in [1.29, 1.82) is 0 Å². The van der Waals surface area contributed by atoms with Gasteiger partial charge in [-0.15, -0.1) is 0 Å². The largest absolute Gasteiger partial charge is 0.444 e. The molecule has 132 valence electrons. The number of rotatable bonds is 1. The lowest BCUT2D eigenvalue weighted by Crippen LogP contribution is -2.38. The molecule has 0 spiro atoms. The second-order valence-electron chi connectivity index (χ2n) is 8.07. The molecule has 0 aromatic carbocycles. The summed E-state index contributed by atoms with van der Waals surface area (Å²) in [5.74, 6) is 0.809. The van der Waals surface area contributed by atoms with Crippen LogP contribution in [0.1, 0.15) is 26.3 Å². The second-order valence-corrected chi connectivity index (χ2v) is 8.07. The Balaban J connectivity index is 1.69. The Labute approximate surface area is 143 Å². The zero-order valence-electron chi connectivity index (χ0n) is 15.2. The Kier molecular flexibility index (Phi) is 4.10. The van der Waals surface area contributed by atoms with Crippen molar-refractivity contribution < 1.29 is 9.53 Å². The number of amides is 1. The summed E-state index contributed by atoms with van der Waals surface area (Å²) >= 11 is 0. The summed E-state index contributed by atoms with van der Waals surface area (Å²) in [6, 6.07) is 1.98. The molecule has 1 aromatic heterocycles. The van der Waals surface area contributed by atoms with Gasteiger partial charge in [0.05, 0.1) is 0 Å². The van der Waals surface area contributed by atoms with Gasteiger partial charge < -0.3 is 19.1 Å². The van der Waals surface area contributed by atoms with Gasteiger partial charge in [-0.1, -0.05) is 0 Å². The molecule has 2 aliphatic rings. The molecular formula is C18H27N3O3. The number of pyridine rings is 1. The van der Waals surface area contributed by atoms with Crippen molar-refractivity contribution in [3.8, 4) is 0 Å². The fourth-order valence-electron chi connectivity index (χ4n) is 3.74. The summed E-state index contributed by atoms with van der Waals surface area (Å²) in [5, 5.41) is 0. The molecular weight excluding hydrogens is 306 g/mol. The number of ether oxygens (including phenoxy) is 1. The number of hydrogen-bond donors (Lipinski definition) is 0. The highest BCUT2D eigenvalue weighted by molar-refractivity contribution is 5.68. The molecule has 0 aliphatic carbocycles. The van der Waals surface area contributed by atoms with Crippen LogP contribution in [0.15, 0.2) is 17.1 Å². The molecule has 0 radical (unpaired) electrons. The molecule has 0 bridgehead atoms. The van der Waals surface area contributed by atoms with E-state index in [9.17, 15) is 9.59 Å². The van der Waals surface area contributed by atoms with Crippen molar-refractivity contribution >= 4 is 11.8 Å². The summed E-state index contributed by atoms with van der Waals surface area (Å²) in [4.78, 5) is 28.7. The number of carbonyl (C=O) groups is 1. The zero-order chi connectivity index (χ0) is 17.6. The summed E-state index contributed by atoms with van der Waals surface area (Å²) in [6.07, 6.45) is 1.58. The topological polar surface area (TPSA) is 54.8 Å². The quantitative estimate of drug-likeness (QED) is 0.789. The first-order valence-corrected chi connectivity index (χ1v) is 8.55. The minimum Gasteiger partial charge on any atom is -0.444 e. The van der Waals surface area contributed by atoms with Crippen LogP contribution in [0, 0.1) is 18.8 Å². The molecule has 2 atom stereocenters. The number of aryl methyl sites for hydroxylation is 2. The predicted molar refractivity (Wildman–Crippen MR) is 93.4 cm³/mol. The minimum absolute atomic E-state index is 0.0546. The summed E-state index contributed by atoms with van der Waals surface area (Å²) < 4.78 is 7.10. The van der Waals surface area contributed by atoms with Gasteiger partial charge in [0.1, 0.15) is 11.3 Å². The first-order valence-electron chi connectivity index (χ1n) is 8.55. The summed E-state index contributed by atoms with van der Waals surface area (Å²) in [6.45, 7) is 10.7. The van der Waals surface area contributed by atoms with E-state index in [1.807, 2.05) is 44.9 Å². The lowest BCUT2D eigenvalue weighted by molar-refractivity contribution is 0.0282. The van der Waals surface area contributed by atoms with Gasteiger partial charge in [0.2, 0.25) is 0 Å². The normalized spacial score (nSPS) is 23.5. The van der Waals surface area contributed by atoms with Gasteiger partial charge in [0.15, 0.2) is 0 Å². The van der Waals surface area contributed by atoms with Gasteiger partial charge in [-0.25, -0.2) is 4.79 Å². The first kappa shape index (κ1) is 16.9. The van der Waals surface area contributed by atoms with E-state index in [2.05, 4.69) is 4.90 Å². The number of carbonyl (C=O) groups excluding carboxylic acids is 1. The van der Waals surface area contributed by atoms with Gasteiger partial charge in [0, 0.05) is 51.3 Å². The smallest absolute Gasteiger partial charge is 0.410 e.